The summed E-state index contributed by atoms with van der Waals surface area (Å²) in [4.78, 5) is 0. The molecule has 23 heavy (non-hydrogen) atoms. The summed E-state index contributed by atoms with van der Waals surface area (Å²) in [7, 11) is 0. The molecule has 1 saturated carbocycles. The summed E-state index contributed by atoms with van der Waals surface area (Å²) in [5.41, 5.74) is 9.29. The molecule has 0 amide bonds. The zero-order valence-corrected chi connectivity index (χ0v) is 14.6. The van der Waals surface area contributed by atoms with Gasteiger partial charge in [-0.2, -0.15) is 0 Å². The van der Waals surface area contributed by atoms with Crippen molar-refractivity contribution in [1.82, 2.24) is 0 Å². The second-order valence-corrected chi connectivity index (χ2v) is 7.90. The van der Waals surface area contributed by atoms with Gasteiger partial charge < -0.3 is 0 Å². The van der Waals surface area contributed by atoms with Crippen LogP contribution in [0, 0.1) is 24.7 Å². The van der Waals surface area contributed by atoms with E-state index in [9.17, 15) is 0 Å². The van der Waals surface area contributed by atoms with E-state index >= 15 is 0 Å². The summed E-state index contributed by atoms with van der Waals surface area (Å²) in [5.74, 6) is 7.64. The number of fused-ring (bicyclic) bond motifs is 4. The maximum absolute atomic E-state index is 3.43. The molecule has 3 aliphatic carbocycles. The Morgan fingerprint density at radius 1 is 1.04 bits per heavy atom. The van der Waals surface area contributed by atoms with E-state index in [1.54, 1.807) is 11.1 Å². The molecular formula is C23H26. The van der Waals surface area contributed by atoms with Crippen molar-refractivity contribution in [2.75, 3.05) is 0 Å². The molecule has 0 unspecified atom stereocenters. The van der Waals surface area contributed by atoms with Crippen LogP contribution in [-0.2, 0) is 5.41 Å². The average molecular weight is 302 g/mol. The minimum Gasteiger partial charge on any atom is -0.0985 e. The van der Waals surface area contributed by atoms with Crippen molar-refractivity contribution in [2.45, 2.75) is 64.7 Å². The van der Waals surface area contributed by atoms with Crippen LogP contribution in [-0.4, -0.2) is 0 Å². The van der Waals surface area contributed by atoms with E-state index in [0.29, 0.717) is 0 Å². The van der Waals surface area contributed by atoms with E-state index < -0.39 is 0 Å². The summed E-state index contributed by atoms with van der Waals surface area (Å²) in [6.07, 6.45) is 9.66. The number of aryl methyl sites for hydroxylation is 1. The minimum absolute atomic E-state index is 0.267. The zero-order valence-electron chi connectivity index (χ0n) is 14.6. The van der Waals surface area contributed by atoms with Gasteiger partial charge in [-0.3, -0.25) is 0 Å². The van der Waals surface area contributed by atoms with Gasteiger partial charge in [-0.25, -0.2) is 0 Å². The molecule has 1 fully saturated rings. The van der Waals surface area contributed by atoms with Gasteiger partial charge in [-0.15, -0.1) is 0 Å². The van der Waals surface area contributed by atoms with Gasteiger partial charge in [0.15, 0.2) is 0 Å². The highest BCUT2D eigenvalue weighted by atomic mass is 14.5. The molecule has 0 saturated heterocycles. The molecule has 0 heteroatoms. The molecule has 1 aromatic carbocycles. The molecule has 1 aromatic rings. The van der Waals surface area contributed by atoms with Gasteiger partial charge in [0, 0.05) is 18.3 Å². The van der Waals surface area contributed by atoms with Crippen LogP contribution in [0.15, 0.2) is 35.4 Å². The molecule has 3 aliphatic rings. The third-order valence-electron chi connectivity index (χ3n) is 6.13. The molecule has 0 aromatic heterocycles. The molecule has 0 heterocycles. The van der Waals surface area contributed by atoms with E-state index in [4.69, 9.17) is 0 Å². The normalized spacial score (nSPS) is 31.4. The van der Waals surface area contributed by atoms with E-state index in [-0.39, 0.29) is 5.41 Å². The number of hydrogen-bond donors (Lipinski definition) is 0. The number of rotatable bonds is 0. The predicted octanol–water partition coefficient (Wildman–Crippen LogP) is 5.95. The number of benzene rings is 1. The highest BCUT2D eigenvalue weighted by Crippen LogP contribution is 2.56. The van der Waals surface area contributed by atoms with Crippen LogP contribution in [0.5, 0.6) is 0 Å². The summed E-state index contributed by atoms with van der Waals surface area (Å²) in [5, 5.41) is 0. The topological polar surface area (TPSA) is 0 Å². The Hall–Kier alpha value is -1.74. The summed E-state index contributed by atoms with van der Waals surface area (Å²) < 4.78 is 0. The van der Waals surface area contributed by atoms with Crippen LogP contribution in [0.4, 0.5) is 0 Å². The molecule has 0 aliphatic heterocycles. The fourth-order valence-electron chi connectivity index (χ4n) is 4.76. The first kappa shape index (κ1) is 14.8. The van der Waals surface area contributed by atoms with Crippen molar-refractivity contribution >= 4 is 5.57 Å². The summed E-state index contributed by atoms with van der Waals surface area (Å²) >= 11 is 0. The second kappa shape index (κ2) is 5.41. The molecule has 0 bridgehead atoms. The SMILES string of the molecule is C/C1=C/C2=C(CC#CC1)c1ccc(C)cc1C21CCC(C)CC1. The van der Waals surface area contributed by atoms with Gasteiger partial charge >= 0.3 is 0 Å². The zero-order chi connectivity index (χ0) is 16.0. The van der Waals surface area contributed by atoms with Crippen LogP contribution >= 0.6 is 0 Å². The van der Waals surface area contributed by atoms with Gasteiger partial charge in [-0.1, -0.05) is 54.2 Å². The van der Waals surface area contributed by atoms with E-state index in [2.05, 4.69) is 56.9 Å². The standard InChI is InChI=1S/C23H26/c1-16-10-12-23(13-11-16)21-14-17(2)6-4-5-7-19(21)20-9-8-18(3)15-22(20)23/h8-9,14-16H,6-7,10-13H2,1-3H3/b17-14-. The van der Waals surface area contributed by atoms with Gasteiger partial charge in [-0.05, 0) is 67.7 Å². The Morgan fingerprint density at radius 2 is 1.78 bits per heavy atom. The molecule has 0 atom stereocenters. The van der Waals surface area contributed by atoms with Gasteiger partial charge in [0.25, 0.3) is 0 Å². The predicted molar refractivity (Wildman–Crippen MR) is 98.2 cm³/mol. The van der Waals surface area contributed by atoms with Crippen molar-refractivity contribution < 1.29 is 0 Å². The number of hydrogen-bond acceptors (Lipinski definition) is 0. The Kier molecular flexibility index (Phi) is 3.49. The first-order valence-electron chi connectivity index (χ1n) is 9.08. The van der Waals surface area contributed by atoms with Crippen LogP contribution in [0.25, 0.3) is 5.57 Å². The van der Waals surface area contributed by atoms with Crippen molar-refractivity contribution in [3.63, 3.8) is 0 Å². The Balaban J connectivity index is 1.95. The maximum atomic E-state index is 3.43. The third-order valence-corrected chi connectivity index (χ3v) is 6.13. The van der Waals surface area contributed by atoms with E-state index in [0.717, 1.165) is 18.8 Å². The van der Waals surface area contributed by atoms with Gasteiger partial charge in [0.1, 0.15) is 0 Å². The molecule has 4 rings (SSSR count). The molecule has 0 radical (unpaired) electrons. The Labute approximate surface area is 140 Å². The first-order valence-corrected chi connectivity index (χ1v) is 9.08. The molecule has 0 nitrogen and oxygen atoms in total. The largest absolute Gasteiger partial charge is 0.0985 e. The lowest BCUT2D eigenvalue weighted by atomic mass is 9.64. The fourth-order valence-corrected chi connectivity index (χ4v) is 4.76. The molecular weight excluding hydrogens is 276 g/mol. The van der Waals surface area contributed by atoms with Crippen LogP contribution in [0.1, 0.15) is 69.1 Å². The molecule has 1 spiro atoms. The van der Waals surface area contributed by atoms with Gasteiger partial charge in [0.05, 0.1) is 0 Å². The fraction of sp³-hybridized carbons (Fsp3) is 0.478. The van der Waals surface area contributed by atoms with E-state index in [1.807, 2.05) is 0 Å². The Bertz CT molecular complexity index is 768. The van der Waals surface area contributed by atoms with Gasteiger partial charge in [0.2, 0.25) is 0 Å². The van der Waals surface area contributed by atoms with E-state index in [1.165, 1.54) is 48.0 Å². The third kappa shape index (κ3) is 2.29. The first-order chi connectivity index (χ1) is 11.1. The van der Waals surface area contributed by atoms with Crippen molar-refractivity contribution in [1.29, 1.82) is 0 Å². The van der Waals surface area contributed by atoms with Crippen LogP contribution in [0.2, 0.25) is 0 Å². The maximum Gasteiger partial charge on any atom is 0.0349 e. The quantitative estimate of drug-likeness (QED) is 0.519. The minimum atomic E-state index is 0.267. The lowest BCUT2D eigenvalue weighted by Crippen LogP contribution is -2.31. The molecule has 118 valence electrons. The highest BCUT2D eigenvalue weighted by molar-refractivity contribution is 5.84. The molecule has 0 N–H and O–H groups in total. The summed E-state index contributed by atoms with van der Waals surface area (Å²) in [6, 6.07) is 7.10. The number of allylic oxidation sites excluding steroid dienone is 4. The smallest absolute Gasteiger partial charge is 0.0349 e. The van der Waals surface area contributed by atoms with Crippen LogP contribution < -0.4 is 0 Å². The van der Waals surface area contributed by atoms with Crippen molar-refractivity contribution in [3.8, 4) is 11.8 Å². The Morgan fingerprint density at radius 3 is 2.57 bits per heavy atom. The van der Waals surface area contributed by atoms with Crippen molar-refractivity contribution in [3.05, 3.63) is 52.1 Å². The van der Waals surface area contributed by atoms with Crippen LogP contribution in [0.3, 0.4) is 0 Å². The van der Waals surface area contributed by atoms with Crippen molar-refractivity contribution in [2.24, 2.45) is 5.92 Å². The average Bonchev–Trinajstić information content (AvgIpc) is 2.74. The highest BCUT2D eigenvalue weighted by Gasteiger charge is 2.45. The lowest BCUT2D eigenvalue weighted by Gasteiger charge is -2.39. The monoisotopic (exact) mass is 302 g/mol. The lowest BCUT2D eigenvalue weighted by molar-refractivity contribution is 0.283. The summed E-state index contributed by atoms with van der Waals surface area (Å²) in [6.45, 7) is 6.90. The second-order valence-electron chi connectivity index (χ2n) is 7.90.